The third-order valence-electron chi connectivity index (χ3n) is 2.99. The van der Waals surface area contributed by atoms with Crippen LogP contribution >= 0.6 is 0 Å². The number of rotatable bonds is 4. The normalized spacial score (nSPS) is 10.2. The number of nitrogens with zero attached hydrogens (tertiary/aromatic N) is 3. The molecule has 0 atom stereocenters. The fraction of sp³-hybridized carbons (Fsp3) is 0.0588. The summed E-state index contributed by atoms with van der Waals surface area (Å²) in [4.78, 5) is 24.3. The highest BCUT2D eigenvalue weighted by molar-refractivity contribution is 6.02. The van der Waals surface area contributed by atoms with E-state index in [0.717, 1.165) is 6.07 Å². The molecule has 0 radical (unpaired) electrons. The molecular formula is C17H13FN4O2. The lowest BCUT2D eigenvalue weighted by molar-refractivity contribution is 0.102. The summed E-state index contributed by atoms with van der Waals surface area (Å²) in [6.07, 6.45) is 4.47. The highest BCUT2D eigenvalue weighted by Crippen LogP contribution is 2.22. The molecule has 3 aromatic heterocycles. The third kappa shape index (κ3) is 3.89. The number of amides is 1. The van der Waals surface area contributed by atoms with Crippen LogP contribution in [0.3, 0.4) is 0 Å². The number of aromatic nitrogens is 3. The first-order valence-electron chi connectivity index (χ1n) is 7.09. The van der Waals surface area contributed by atoms with E-state index in [1.807, 2.05) is 0 Å². The van der Waals surface area contributed by atoms with E-state index in [0.29, 0.717) is 17.2 Å². The Hall–Kier alpha value is -3.35. The van der Waals surface area contributed by atoms with Gasteiger partial charge in [-0.3, -0.25) is 9.78 Å². The minimum absolute atomic E-state index is 0.109. The van der Waals surface area contributed by atoms with Gasteiger partial charge in [-0.1, -0.05) is 0 Å². The van der Waals surface area contributed by atoms with Gasteiger partial charge in [0.1, 0.15) is 28.8 Å². The van der Waals surface area contributed by atoms with Crippen molar-refractivity contribution < 1.29 is 13.9 Å². The molecule has 7 heteroatoms. The van der Waals surface area contributed by atoms with Crippen molar-refractivity contribution in [2.24, 2.45) is 0 Å². The number of carbonyl (C=O) groups excluding carboxylic acids is 1. The zero-order valence-corrected chi connectivity index (χ0v) is 12.7. The summed E-state index contributed by atoms with van der Waals surface area (Å²) >= 11 is 0. The van der Waals surface area contributed by atoms with Gasteiger partial charge in [0.25, 0.3) is 5.91 Å². The van der Waals surface area contributed by atoms with Gasteiger partial charge in [-0.15, -0.1) is 0 Å². The number of ether oxygens (including phenoxy) is 1. The Kier molecular flexibility index (Phi) is 4.42. The molecule has 3 aromatic rings. The summed E-state index contributed by atoms with van der Waals surface area (Å²) in [7, 11) is 0. The molecule has 0 aliphatic carbocycles. The first-order valence-corrected chi connectivity index (χ1v) is 7.09. The maximum Gasteiger partial charge on any atom is 0.275 e. The van der Waals surface area contributed by atoms with Gasteiger partial charge in [-0.25, -0.2) is 14.4 Å². The van der Waals surface area contributed by atoms with Crippen molar-refractivity contribution in [1.82, 2.24) is 15.0 Å². The van der Waals surface area contributed by atoms with E-state index in [9.17, 15) is 9.18 Å². The highest BCUT2D eigenvalue weighted by Gasteiger charge is 2.12. The molecule has 0 aromatic carbocycles. The van der Waals surface area contributed by atoms with E-state index < -0.39 is 11.7 Å². The van der Waals surface area contributed by atoms with Gasteiger partial charge in [-0.05, 0) is 25.1 Å². The maximum absolute atomic E-state index is 13.2. The van der Waals surface area contributed by atoms with Crippen LogP contribution < -0.4 is 10.1 Å². The van der Waals surface area contributed by atoms with E-state index >= 15 is 0 Å². The summed E-state index contributed by atoms with van der Waals surface area (Å²) in [5.41, 5.74) is 0.744. The van der Waals surface area contributed by atoms with Crippen molar-refractivity contribution in [3.05, 3.63) is 72.2 Å². The molecule has 0 aliphatic heterocycles. The molecule has 0 spiro atoms. The van der Waals surface area contributed by atoms with E-state index in [-0.39, 0.29) is 11.5 Å². The fourth-order valence-corrected chi connectivity index (χ4v) is 2.01. The van der Waals surface area contributed by atoms with Crippen molar-refractivity contribution in [1.29, 1.82) is 0 Å². The second-order valence-corrected chi connectivity index (χ2v) is 4.93. The van der Waals surface area contributed by atoms with Crippen LogP contribution in [0.4, 0.5) is 10.2 Å². The molecule has 0 saturated carbocycles. The Morgan fingerprint density at radius 2 is 2.04 bits per heavy atom. The lowest BCUT2D eigenvalue weighted by Crippen LogP contribution is -2.15. The molecule has 3 heterocycles. The molecule has 0 unspecified atom stereocenters. The predicted octanol–water partition coefficient (Wildman–Crippen LogP) is 3.36. The maximum atomic E-state index is 13.2. The van der Waals surface area contributed by atoms with Crippen LogP contribution in [0.5, 0.6) is 11.5 Å². The van der Waals surface area contributed by atoms with Crippen molar-refractivity contribution in [2.45, 2.75) is 6.92 Å². The lowest BCUT2D eigenvalue weighted by Gasteiger charge is -2.09. The van der Waals surface area contributed by atoms with E-state index in [1.165, 1.54) is 18.3 Å². The van der Waals surface area contributed by atoms with Crippen LogP contribution in [-0.2, 0) is 0 Å². The summed E-state index contributed by atoms with van der Waals surface area (Å²) in [5, 5.41) is 2.50. The molecule has 1 N–H and O–H groups in total. The summed E-state index contributed by atoms with van der Waals surface area (Å²) < 4.78 is 18.8. The highest BCUT2D eigenvalue weighted by atomic mass is 19.1. The predicted molar refractivity (Wildman–Crippen MR) is 85.4 cm³/mol. The van der Waals surface area contributed by atoms with Crippen LogP contribution in [0.2, 0.25) is 0 Å². The minimum Gasteiger partial charge on any atom is -0.456 e. The number of hydrogen-bond donors (Lipinski definition) is 1. The Morgan fingerprint density at radius 1 is 1.17 bits per heavy atom. The monoisotopic (exact) mass is 324 g/mol. The molecule has 0 bridgehead atoms. The van der Waals surface area contributed by atoms with Gasteiger partial charge in [-0.2, -0.15) is 0 Å². The Bertz CT molecular complexity index is 871. The third-order valence-corrected chi connectivity index (χ3v) is 2.99. The van der Waals surface area contributed by atoms with Gasteiger partial charge in [0.15, 0.2) is 0 Å². The van der Waals surface area contributed by atoms with Crippen molar-refractivity contribution in [3.63, 3.8) is 0 Å². The van der Waals surface area contributed by atoms with Crippen molar-refractivity contribution >= 4 is 11.7 Å². The second-order valence-electron chi connectivity index (χ2n) is 4.93. The van der Waals surface area contributed by atoms with Gasteiger partial charge in [0.05, 0.1) is 6.20 Å². The topological polar surface area (TPSA) is 77.0 Å². The molecule has 1 amide bonds. The molecule has 6 nitrogen and oxygen atoms in total. The smallest absolute Gasteiger partial charge is 0.275 e. The Labute approximate surface area is 137 Å². The largest absolute Gasteiger partial charge is 0.456 e. The number of hydrogen-bond acceptors (Lipinski definition) is 5. The van der Waals surface area contributed by atoms with Gasteiger partial charge in [0, 0.05) is 36.3 Å². The molecule has 0 fully saturated rings. The first kappa shape index (κ1) is 15.5. The van der Waals surface area contributed by atoms with Crippen LogP contribution in [0, 0.1) is 12.7 Å². The standard InChI is InChI=1S/C17H13FN4O2/c1-11-7-14(24-13-3-2-5-19-10-13)9-15(21-11)17(23)22-16-8-12(18)4-6-20-16/h2-10H,1H3,(H,20,22,23). The van der Waals surface area contributed by atoms with Crippen LogP contribution in [0.1, 0.15) is 16.2 Å². The van der Waals surface area contributed by atoms with Crippen LogP contribution in [0.25, 0.3) is 0 Å². The minimum atomic E-state index is -0.507. The second kappa shape index (κ2) is 6.82. The average molecular weight is 324 g/mol. The SMILES string of the molecule is Cc1cc(Oc2cccnc2)cc(C(=O)Nc2cc(F)ccn2)n1. The fourth-order valence-electron chi connectivity index (χ4n) is 2.01. The lowest BCUT2D eigenvalue weighted by atomic mass is 10.2. The van der Waals surface area contributed by atoms with E-state index in [4.69, 9.17) is 4.74 Å². The summed E-state index contributed by atoms with van der Waals surface area (Å²) in [6.45, 7) is 1.74. The zero-order chi connectivity index (χ0) is 16.9. The van der Waals surface area contributed by atoms with Gasteiger partial charge >= 0.3 is 0 Å². The Morgan fingerprint density at radius 3 is 2.79 bits per heavy atom. The van der Waals surface area contributed by atoms with E-state index in [1.54, 1.807) is 37.5 Å². The number of pyridine rings is 3. The summed E-state index contributed by atoms with van der Waals surface area (Å²) in [6, 6.07) is 9.01. The van der Waals surface area contributed by atoms with Gasteiger partial charge < -0.3 is 10.1 Å². The quantitative estimate of drug-likeness (QED) is 0.796. The number of halogens is 1. The first-order chi connectivity index (χ1) is 11.6. The zero-order valence-electron chi connectivity index (χ0n) is 12.7. The number of nitrogens with one attached hydrogen (secondary N) is 1. The van der Waals surface area contributed by atoms with E-state index in [2.05, 4.69) is 20.3 Å². The average Bonchev–Trinajstić information content (AvgIpc) is 2.55. The molecule has 120 valence electrons. The van der Waals surface area contributed by atoms with Crippen LogP contribution in [0.15, 0.2) is 55.0 Å². The number of aryl methyl sites for hydroxylation is 1. The Balaban J connectivity index is 1.81. The van der Waals surface area contributed by atoms with Crippen molar-refractivity contribution in [2.75, 3.05) is 5.32 Å². The van der Waals surface area contributed by atoms with Crippen molar-refractivity contribution in [3.8, 4) is 11.5 Å². The molecule has 0 saturated heterocycles. The number of anilines is 1. The molecule has 3 rings (SSSR count). The molecule has 0 aliphatic rings. The number of carbonyl (C=O) groups is 1. The molecular weight excluding hydrogens is 311 g/mol. The molecule has 24 heavy (non-hydrogen) atoms. The summed E-state index contributed by atoms with van der Waals surface area (Å²) in [5.74, 6) is 0.109. The van der Waals surface area contributed by atoms with Crippen LogP contribution in [-0.4, -0.2) is 20.9 Å². The van der Waals surface area contributed by atoms with Gasteiger partial charge in [0.2, 0.25) is 0 Å².